The Morgan fingerprint density at radius 2 is 1.96 bits per heavy atom. The van der Waals surface area contributed by atoms with Gasteiger partial charge in [-0.05, 0) is 65.5 Å². The van der Waals surface area contributed by atoms with Crippen molar-refractivity contribution in [3.63, 3.8) is 0 Å². The van der Waals surface area contributed by atoms with Crippen LogP contribution in [0.1, 0.15) is 48.0 Å². The molecule has 0 spiro atoms. The maximum atomic E-state index is 12.5. The van der Waals surface area contributed by atoms with Gasteiger partial charge in [0.25, 0.3) is 5.91 Å². The first-order valence-electron chi connectivity index (χ1n) is 8.42. The van der Waals surface area contributed by atoms with E-state index in [-0.39, 0.29) is 5.91 Å². The minimum atomic E-state index is -0.131. The van der Waals surface area contributed by atoms with Crippen LogP contribution in [0.4, 0.5) is 11.5 Å². The Morgan fingerprint density at radius 1 is 1.17 bits per heavy atom. The van der Waals surface area contributed by atoms with Gasteiger partial charge in [-0.3, -0.25) is 4.79 Å². The van der Waals surface area contributed by atoms with E-state index >= 15 is 0 Å². The summed E-state index contributed by atoms with van der Waals surface area (Å²) >= 11 is 3.49. The summed E-state index contributed by atoms with van der Waals surface area (Å²) in [6.07, 6.45) is 7.88. The second-order valence-corrected chi connectivity index (χ2v) is 7.20. The van der Waals surface area contributed by atoms with E-state index in [1.165, 1.54) is 32.1 Å². The summed E-state index contributed by atoms with van der Waals surface area (Å²) in [4.78, 5) is 16.9. The first-order valence-corrected chi connectivity index (χ1v) is 9.21. The number of hydrogen-bond donors (Lipinski definition) is 2. The monoisotopic (exact) mass is 387 g/mol. The summed E-state index contributed by atoms with van der Waals surface area (Å²) in [6, 6.07) is 9.90. The second kappa shape index (κ2) is 7.79. The van der Waals surface area contributed by atoms with Gasteiger partial charge in [0.1, 0.15) is 5.82 Å². The summed E-state index contributed by atoms with van der Waals surface area (Å²) < 4.78 is 0.880. The molecule has 24 heavy (non-hydrogen) atoms. The Kier molecular flexibility index (Phi) is 5.51. The third kappa shape index (κ3) is 4.35. The molecule has 1 aliphatic carbocycles. The van der Waals surface area contributed by atoms with Crippen LogP contribution in [0, 0.1) is 6.92 Å². The summed E-state index contributed by atoms with van der Waals surface area (Å²) in [5.41, 5.74) is 2.52. The Bertz CT molecular complexity index is 726. The molecule has 4 nitrogen and oxygen atoms in total. The number of carbonyl (C=O) groups excluding carboxylic acids is 1. The zero-order chi connectivity index (χ0) is 16.9. The van der Waals surface area contributed by atoms with Gasteiger partial charge in [0.2, 0.25) is 0 Å². The Hall–Kier alpha value is -1.88. The predicted octanol–water partition coefficient (Wildman–Crippen LogP) is 5.15. The van der Waals surface area contributed by atoms with Crippen LogP contribution in [0.5, 0.6) is 0 Å². The van der Waals surface area contributed by atoms with E-state index < -0.39 is 0 Å². The van der Waals surface area contributed by atoms with Gasteiger partial charge in [-0.2, -0.15) is 0 Å². The average molecular weight is 388 g/mol. The molecule has 2 aromatic rings. The number of benzene rings is 1. The van der Waals surface area contributed by atoms with Crippen molar-refractivity contribution in [1.82, 2.24) is 4.98 Å². The molecule has 1 aromatic heterocycles. The predicted molar refractivity (Wildman–Crippen MR) is 102 cm³/mol. The Labute approximate surface area is 151 Å². The van der Waals surface area contributed by atoms with Gasteiger partial charge in [0, 0.05) is 22.3 Å². The smallest absolute Gasteiger partial charge is 0.255 e. The van der Waals surface area contributed by atoms with Gasteiger partial charge in [-0.15, -0.1) is 0 Å². The number of nitrogens with zero attached hydrogens (tertiary/aromatic N) is 1. The van der Waals surface area contributed by atoms with E-state index in [2.05, 4.69) is 31.5 Å². The highest BCUT2D eigenvalue weighted by Crippen LogP contribution is 2.24. The number of carbonyl (C=O) groups is 1. The zero-order valence-electron chi connectivity index (χ0n) is 13.8. The Morgan fingerprint density at radius 3 is 2.71 bits per heavy atom. The van der Waals surface area contributed by atoms with E-state index in [9.17, 15) is 4.79 Å². The molecular weight excluding hydrogens is 366 g/mol. The SMILES string of the molecule is Cc1ccc(NC(=O)c2ccnc(NC3CCCCC3)c2)c(Br)c1. The molecule has 1 saturated carbocycles. The molecule has 1 aliphatic rings. The fourth-order valence-corrected chi connectivity index (χ4v) is 3.62. The van der Waals surface area contributed by atoms with Crippen molar-refractivity contribution >= 4 is 33.3 Å². The number of halogens is 1. The van der Waals surface area contributed by atoms with Crippen molar-refractivity contribution in [2.24, 2.45) is 0 Å². The van der Waals surface area contributed by atoms with Crippen LogP contribution in [-0.4, -0.2) is 16.9 Å². The van der Waals surface area contributed by atoms with Gasteiger partial charge in [-0.1, -0.05) is 25.3 Å². The fourth-order valence-electron chi connectivity index (χ4n) is 3.02. The van der Waals surface area contributed by atoms with Crippen molar-refractivity contribution in [2.45, 2.75) is 45.1 Å². The lowest BCUT2D eigenvalue weighted by molar-refractivity contribution is 0.102. The summed E-state index contributed by atoms with van der Waals surface area (Å²) in [5, 5.41) is 6.40. The summed E-state index contributed by atoms with van der Waals surface area (Å²) in [6.45, 7) is 2.02. The molecule has 0 atom stereocenters. The van der Waals surface area contributed by atoms with E-state index in [1.54, 1.807) is 12.3 Å². The number of aryl methyl sites for hydroxylation is 1. The maximum Gasteiger partial charge on any atom is 0.255 e. The number of aromatic nitrogens is 1. The van der Waals surface area contributed by atoms with Gasteiger partial charge >= 0.3 is 0 Å². The van der Waals surface area contributed by atoms with Crippen LogP contribution in [0.2, 0.25) is 0 Å². The molecule has 2 N–H and O–H groups in total. The second-order valence-electron chi connectivity index (χ2n) is 6.35. The van der Waals surface area contributed by atoms with Crippen molar-refractivity contribution in [3.05, 3.63) is 52.1 Å². The highest BCUT2D eigenvalue weighted by molar-refractivity contribution is 9.10. The number of pyridine rings is 1. The lowest BCUT2D eigenvalue weighted by Crippen LogP contribution is -2.23. The molecule has 1 fully saturated rings. The first-order chi connectivity index (χ1) is 11.6. The summed E-state index contributed by atoms with van der Waals surface area (Å²) in [7, 11) is 0. The standard InChI is InChI=1S/C19H22BrN3O/c1-13-7-8-17(16(20)11-13)23-19(24)14-9-10-21-18(12-14)22-15-5-3-2-4-6-15/h7-12,15H,2-6H2,1H3,(H,21,22)(H,23,24). The van der Waals surface area contributed by atoms with Gasteiger partial charge in [0.15, 0.2) is 0 Å². The first kappa shape index (κ1) is 17.0. The van der Waals surface area contributed by atoms with Crippen LogP contribution >= 0.6 is 15.9 Å². The number of hydrogen-bond acceptors (Lipinski definition) is 3. The van der Waals surface area contributed by atoms with Crippen molar-refractivity contribution in [2.75, 3.05) is 10.6 Å². The zero-order valence-corrected chi connectivity index (χ0v) is 15.4. The minimum absolute atomic E-state index is 0.131. The van der Waals surface area contributed by atoms with Crippen LogP contribution < -0.4 is 10.6 Å². The van der Waals surface area contributed by atoms with Crippen LogP contribution in [-0.2, 0) is 0 Å². The molecule has 0 radical (unpaired) electrons. The van der Waals surface area contributed by atoms with Gasteiger partial charge in [0.05, 0.1) is 5.69 Å². The largest absolute Gasteiger partial charge is 0.367 e. The third-order valence-corrected chi connectivity index (χ3v) is 5.01. The number of nitrogens with one attached hydrogen (secondary N) is 2. The molecule has 5 heteroatoms. The topological polar surface area (TPSA) is 54.0 Å². The number of rotatable bonds is 4. The van der Waals surface area contributed by atoms with E-state index in [1.807, 2.05) is 31.2 Å². The lowest BCUT2D eigenvalue weighted by atomic mass is 9.95. The molecule has 1 heterocycles. The highest BCUT2D eigenvalue weighted by atomic mass is 79.9. The molecule has 126 valence electrons. The normalized spacial score (nSPS) is 15.1. The van der Waals surface area contributed by atoms with Gasteiger partial charge < -0.3 is 10.6 Å². The molecule has 1 aromatic carbocycles. The molecular formula is C19H22BrN3O. The molecule has 3 rings (SSSR count). The molecule has 0 saturated heterocycles. The highest BCUT2D eigenvalue weighted by Gasteiger charge is 2.15. The van der Waals surface area contributed by atoms with Crippen molar-refractivity contribution in [3.8, 4) is 0 Å². The molecule has 0 unspecified atom stereocenters. The average Bonchev–Trinajstić information content (AvgIpc) is 2.58. The molecule has 0 bridgehead atoms. The van der Waals surface area contributed by atoms with Crippen molar-refractivity contribution in [1.29, 1.82) is 0 Å². The minimum Gasteiger partial charge on any atom is -0.367 e. The quantitative estimate of drug-likeness (QED) is 0.762. The maximum absolute atomic E-state index is 12.5. The van der Waals surface area contributed by atoms with E-state index in [0.29, 0.717) is 11.6 Å². The van der Waals surface area contributed by atoms with Crippen LogP contribution in [0.25, 0.3) is 0 Å². The number of amides is 1. The Balaban J connectivity index is 1.69. The van der Waals surface area contributed by atoms with E-state index in [0.717, 1.165) is 21.5 Å². The molecule has 1 amide bonds. The van der Waals surface area contributed by atoms with E-state index in [4.69, 9.17) is 0 Å². The molecule has 0 aliphatic heterocycles. The van der Waals surface area contributed by atoms with Gasteiger partial charge in [-0.25, -0.2) is 4.98 Å². The lowest BCUT2D eigenvalue weighted by Gasteiger charge is -2.23. The third-order valence-electron chi connectivity index (χ3n) is 4.35. The van der Waals surface area contributed by atoms with Crippen LogP contribution in [0.3, 0.4) is 0 Å². The fraction of sp³-hybridized carbons (Fsp3) is 0.368. The van der Waals surface area contributed by atoms with Crippen LogP contribution in [0.15, 0.2) is 41.0 Å². The van der Waals surface area contributed by atoms with Crippen molar-refractivity contribution < 1.29 is 4.79 Å². The summed E-state index contributed by atoms with van der Waals surface area (Å²) in [5.74, 6) is 0.645. The number of anilines is 2.